The van der Waals surface area contributed by atoms with Crippen molar-refractivity contribution in [2.75, 3.05) is 5.32 Å². The quantitative estimate of drug-likeness (QED) is 0.0786. The monoisotopic (exact) mass is 1400 g/mol. The summed E-state index contributed by atoms with van der Waals surface area (Å²) < 4.78 is 0. The van der Waals surface area contributed by atoms with Crippen molar-refractivity contribution in [1.82, 2.24) is 19.9 Å². The Morgan fingerprint density at radius 3 is 1.14 bits per heavy atom. The second-order valence-corrected chi connectivity index (χ2v) is 28.0. The summed E-state index contributed by atoms with van der Waals surface area (Å²) in [5, 5.41) is 17.8. The molecular formula is C102H65N7O. The van der Waals surface area contributed by atoms with Gasteiger partial charge in [-0.1, -0.05) is 315 Å². The van der Waals surface area contributed by atoms with Crippen LogP contribution in [0.5, 0.6) is 0 Å². The minimum Gasteiger partial charge on any atom is -0.339 e. The smallest absolute Gasteiger partial charge is 0.185 e. The fourth-order valence-corrected chi connectivity index (χ4v) is 16.1. The van der Waals surface area contributed by atoms with Crippen LogP contribution in [0.1, 0.15) is 32.6 Å². The first kappa shape index (κ1) is 64.8. The van der Waals surface area contributed by atoms with E-state index in [0.29, 0.717) is 11.6 Å². The lowest BCUT2D eigenvalue weighted by molar-refractivity contribution is 0.104. The SMILES string of the molecule is O=C(/C=C/c1ccccc1)c1ccccc1.c1cc2c3c(cccc3c1)N=C(c1ccc(C3=Nc4cccc5cccc(c45)N3)cc1)C2.c1ccc(-c2cc(-c3ccccc3)c3ccc4nc(-c5ccc(-c6nc7ccc8c(-c9ccccc9)cc(-c9ccccc9)c9ccc(n6)c7c89)cc5)nc5ccc2c3c54)cc1. The molecule has 0 saturated heterocycles. The number of nitrogens with one attached hydrogen (secondary N) is 1. The molecule has 0 atom stereocenters. The number of carbonyl (C=O) groups excluding carboxylic acids is 1. The Hall–Kier alpha value is -14.7. The summed E-state index contributed by atoms with van der Waals surface area (Å²) in [4.78, 5) is 42.5. The van der Waals surface area contributed by atoms with Crippen LogP contribution in [0.2, 0.25) is 0 Å². The molecule has 0 saturated carbocycles. The van der Waals surface area contributed by atoms with Crippen LogP contribution in [0.4, 0.5) is 17.1 Å². The van der Waals surface area contributed by atoms with E-state index in [1.807, 2.05) is 66.7 Å². The van der Waals surface area contributed by atoms with E-state index >= 15 is 0 Å². The van der Waals surface area contributed by atoms with Gasteiger partial charge >= 0.3 is 0 Å². The maximum atomic E-state index is 11.7. The zero-order chi connectivity index (χ0) is 73.0. The third kappa shape index (κ3) is 11.9. The first-order valence-electron chi connectivity index (χ1n) is 37.1. The highest BCUT2D eigenvalue weighted by Gasteiger charge is 2.24. The predicted molar refractivity (Wildman–Crippen MR) is 458 cm³/mol. The zero-order valence-corrected chi connectivity index (χ0v) is 59.6. The second-order valence-electron chi connectivity index (χ2n) is 28.0. The van der Waals surface area contributed by atoms with Crippen molar-refractivity contribution in [3.8, 4) is 67.3 Å². The van der Waals surface area contributed by atoms with E-state index < -0.39 is 0 Å². The lowest BCUT2D eigenvalue weighted by atomic mass is 9.87. The summed E-state index contributed by atoms with van der Waals surface area (Å²) in [7, 11) is 0. The average Bonchev–Trinajstić information content (AvgIpc) is 0.723. The van der Waals surface area contributed by atoms with Gasteiger partial charge in [0.15, 0.2) is 17.4 Å². The molecule has 0 fully saturated rings. The first-order chi connectivity index (χ1) is 54.4. The van der Waals surface area contributed by atoms with Crippen molar-refractivity contribution in [2.45, 2.75) is 6.42 Å². The topological polar surface area (TPSA) is 105 Å². The lowest BCUT2D eigenvalue weighted by Crippen LogP contribution is -2.16. The number of ketones is 1. The Balaban J connectivity index is 0.000000136. The molecule has 0 unspecified atom stereocenters. The molecule has 8 nitrogen and oxygen atoms in total. The molecule has 1 N–H and O–H groups in total. The molecule has 110 heavy (non-hydrogen) atoms. The van der Waals surface area contributed by atoms with E-state index in [-0.39, 0.29) is 5.78 Å². The number of aromatic nitrogens is 4. The van der Waals surface area contributed by atoms with E-state index in [1.54, 1.807) is 6.08 Å². The molecule has 8 heteroatoms. The maximum Gasteiger partial charge on any atom is 0.185 e. The molecule has 0 spiro atoms. The van der Waals surface area contributed by atoms with E-state index in [9.17, 15) is 4.79 Å². The highest BCUT2D eigenvalue weighted by Crippen LogP contribution is 2.47. The number of hydrogen-bond acceptors (Lipinski definition) is 8. The largest absolute Gasteiger partial charge is 0.339 e. The molecule has 514 valence electrons. The van der Waals surface area contributed by atoms with E-state index in [1.165, 1.54) is 104 Å². The standard InChI is InChI=1S/C58H34N4.C29H19N3.C15H12O/c1-5-13-35(14-6-1)45-33-46(36-15-7-2-8-16-36)42-26-30-50-55-49(29-25-41(45)53(42)55)59-57(60-50)39-21-23-40(24-22-39)58-61-51-31-27-43-47(37-17-9-3-10-18-37)34-48(38-19-11-4-12-20-38)44-28-32-52(62-58)56(51)54(43)44;1-5-19-6-2-10-23-27(19)22(9-1)17-26(30-23)18-13-15-21(16-14-18)29-31-24-11-3-7-20-8-4-12-25(32-29)28(20)24;16-15(14-9-5-2-6-10-14)12-11-13-7-3-1-4-8-13/h1-34H;1-16H,17H2,(H,31,32);1-12H/b;;12-11+. The summed E-state index contributed by atoms with van der Waals surface area (Å²) >= 11 is 0. The molecule has 0 amide bonds. The van der Waals surface area contributed by atoms with Gasteiger partial charge in [0.2, 0.25) is 0 Å². The van der Waals surface area contributed by atoms with Gasteiger partial charge in [0.1, 0.15) is 5.84 Å². The third-order valence-corrected chi connectivity index (χ3v) is 21.3. The van der Waals surface area contributed by atoms with Crippen molar-refractivity contribution < 1.29 is 4.79 Å². The van der Waals surface area contributed by atoms with Gasteiger partial charge in [0, 0.05) is 66.7 Å². The molecule has 2 aliphatic heterocycles. The van der Waals surface area contributed by atoms with Gasteiger partial charge in [-0.25, -0.2) is 24.9 Å². The fraction of sp³-hybridized carbons (Fsp3) is 0.00980. The van der Waals surface area contributed by atoms with Gasteiger partial charge < -0.3 is 5.32 Å². The van der Waals surface area contributed by atoms with Crippen LogP contribution in [0.15, 0.2) is 380 Å². The summed E-state index contributed by atoms with van der Waals surface area (Å²) in [6.45, 7) is 0. The first-order valence-corrected chi connectivity index (χ1v) is 37.1. The van der Waals surface area contributed by atoms with Gasteiger partial charge in [-0.15, -0.1) is 0 Å². The van der Waals surface area contributed by atoms with E-state index in [4.69, 9.17) is 29.9 Å². The Morgan fingerprint density at radius 2 is 0.682 bits per heavy atom. The molecule has 2 aromatic heterocycles. The predicted octanol–water partition coefficient (Wildman–Crippen LogP) is 25.8. The summed E-state index contributed by atoms with van der Waals surface area (Å²) in [5.41, 5.74) is 24.8. The number of hydrogen-bond donors (Lipinski definition) is 1. The molecule has 18 aromatic carbocycles. The van der Waals surface area contributed by atoms with Crippen LogP contribution in [0, 0.1) is 0 Å². The fourth-order valence-electron chi connectivity index (χ4n) is 16.1. The Morgan fingerprint density at radius 1 is 0.300 bits per heavy atom. The molecule has 22 rings (SSSR count). The van der Waals surface area contributed by atoms with Crippen molar-refractivity contribution >= 4 is 127 Å². The molecule has 20 aromatic rings. The molecule has 0 aliphatic carbocycles. The number of aliphatic imine (C=N–C) groups is 2. The lowest BCUT2D eigenvalue weighted by Gasteiger charge is -2.20. The van der Waals surface area contributed by atoms with Crippen LogP contribution in [0.3, 0.4) is 0 Å². The highest BCUT2D eigenvalue weighted by atomic mass is 16.1. The Bertz CT molecular complexity index is 6430. The van der Waals surface area contributed by atoms with E-state index in [0.717, 1.165) is 101 Å². The van der Waals surface area contributed by atoms with Crippen molar-refractivity contribution in [2.24, 2.45) is 9.98 Å². The molecular weight excluding hydrogens is 1340 g/mol. The van der Waals surface area contributed by atoms with Crippen molar-refractivity contribution in [3.05, 3.63) is 398 Å². The Kier molecular flexibility index (Phi) is 16.3. The van der Waals surface area contributed by atoms with Crippen molar-refractivity contribution in [3.63, 3.8) is 0 Å². The number of nitrogens with zero attached hydrogens (tertiary/aromatic N) is 6. The van der Waals surface area contributed by atoms with Gasteiger partial charge in [0.25, 0.3) is 0 Å². The number of anilines is 1. The average molecular weight is 1400 g/mol. The van der Waals surface area contributed by atoms with Crippen molar-refractivity contribution in [1.29, 1.82) is 0 Å². The van der Waals surface area contributed by atoms with Gasteiger partial charge in [0.05, 0.1) is 39.2 Å². The van der Waals surface area contributed by atoms with Gasteiger partial charge in [-0.2, -0.15) is 0 Å². The molecule has 4 heterocycles. The number of amidine groups is 1. The Labute approximate surface area is 634 Å². The number of benzene rings is 18. The second kappa shape index (κ2) is 27.6. The molecule has 0 radical (unpaired) electrons. The molecule has 0 bridgehead atoms. The number of rotatable bonds is 11. The summed E-state index contributed by atoms with van der Waals surface area (Å²) in [6, 6.07) is 126. The van der Waals surface area contributed by atoms with E-state index in [2.05, 4.69) is 309 Å². The van der Waals surface area contributed by atoms with Gasteiger partial charge in [-0.05, 0) is 154 Å². The highest BCUT2D eigenvalue weighted by molar-refractivity contribution is 6.29. The minimum absolute atomic E-state index is 0.0319. The van der Waals surface area contributed by atoms with Crippen LogP contribution in [-0.2, 0) is 6.42 Å². The number of allylic oxidation sites excluding steroid dienone is 1. The van der Waals surface area contributed by atoms with Crippen LogP contribution in [0.25, 0.3) is 160 Å². The van der Waals surface area contributed by atoms with Crippen LogP contribution in [-0.4, -0.2) is 37.3 Å². The maximum absolute atomic E-state index is 11.7. The zero-order valence-electron chi connectivity index (χ0n) is 59.6. The summed E-state index contributed by atoms with van der Waals surface area (Å²) in [6.07, 6.45) is 4.28. The summed E-state index contributed by atoms with van der Waals surface area (Å²) in [5.74, 6) is 2.29. The van der Waals surface area contributed by atoms with Crippen LogP contribution < -0.4 is 5.32 Å². The molecule has 2 aliphatic rings. The van der Waals surface area contributed by atoms with Crippen LogP contribution >= 0.6 is 0 Å². The normalized spacial score (nSPS) is 12.3. The minimum atomic E-state index is 0.0319. The van der Waals surface area contributed by atoms with Gasteiger partial charge in [-0.3, -0.25) is 9.79 Å². The third-order valence-electron chi connectivity index (χ3n) is 21.3. The number of carbonyl (C=O) groups is 1.